The van der Waals surface area contributed by atoms with E-state index in [1.165, 1.54) is 20.1 Å². The molecule has 0 amide bonds. The first-order valence-corrected chi connectivity index (χ1v) is 5.62. The van der Waals surface area contributed by atoms with Crippen LogP contribution in [0.1, 0.15) is 37.8 Å². The van der Waals surface area contributed by atoms with Crippen LogP contribution in [0.2, 0.25) is 0 Å². The SMILES string of the molecule is COc1cc(C(C)C)ccc1C(F)(F)C(C)N. The van der Waals surface area contributed by atoms with Gasteiger partial charge in [0.1, 0.15) is 5.75 Å². The molecular formula is C13H19F2NO. The number of hydrogen-bond acceptors (Lipinski definition) is 2. The molecule has 2 N–H and O–H groups in total. The van der Waals surface area contributed by atoms with Crippen molar-refractivity contribution in [1.82, 2.24) is 0 Å². The van der Waals surface area contributed by atoms with Gasteiger partial charge in [0.2, 0.25) is 0 Å². The van der Waals surface area contributed by atoms with Gasteiger partial charge in [-0.25, -0.2) is 0 Å². The smallest absolute Gasteiger partial charge is 0.291 e. The van der Waals surface area contributed by atoms with Gasteiger partial charge in [-0.3, -0.25) is 0 Å². The van der Waals surface area contributed by atoms with Crippen molar-refractivity contribution in [2.24, 2.45) is 5.73 Å². The summed E-state index contributed by atoms with van der Waals surface area (Å²) in [7, 11) is 1.39. The number of hydrogen-bond donors (Lipinski definition) is 1. The zero-order chi connectivity index (χ0) is 13.2. The van der Waals surface area contributed by atoms with Gasteiger partial charge in [-0.15, -0.1) is 0 Å². The van der Waals surface area contributed by atoms with E-state index in [1.807, 2.05) is 13.8 Å². The van der Waals surface area contributed by atoms with Crippen LogP contribution in [0.15, 0.2) is 18.2 Å². The summed E-state index contributed by atoms with van der Waals surface area (Å²) >= 11 is 0. The second-order valence-electron chi connectivity index (χ2n) is 4.53. The highest BCUT2D eigenvalue weighted by molar-refractivity contribution is 5.42. The summed E-state index contributed by atoms with van der Waals surface area (Å²) in [5, 5.41) is 0. The van der Waals surface area contributed by atoms with Gasteiger partial charge in [0.25, 0.3) is 5.92 Å². The minimum atomic E-state index is -3.08. The lowest BCUT2D eigenvalue weighted by Gasteiger charge is -2.23. The summed E-state index contributed by atoms with van der Waals surface area (Å²) in [6.45, 7) is 5.28. The van der Waals surface area contributed by atoms with Gasteiger partial charge in [0.05, 0.1) is 18.7 Å². The topological polar surface area (TPSA) is 35.2 Å². The van der Waals surface area contributed by atoms with Crippen LogP contribution in [0, 0.1) is 0 Å². The summed E-state index contributed by atoms with van der Waals surface area (Å²) in [5.74, 6) is -2.62. The van der Waals surface area contributed by atoms with Crippen LogP contribution in [0.4, 0.5) is 8.78 Å². The van der Waals surface area contributed by atoms with Crippen molar-refractivity contribution in [2.75, 3.05) is 7.11 Å². The van der Waals surface area contributed by atoms with E-state index < -0.39 is 12.0 Å². The summed E-state index contributed by atoms with van der Waals surface area (Å²) < 4.78 is 32.7. The van der Waals surface area contributed by atoms with Crippen molar-refractivity contribution in [3.8, 4) is 5.75 Å². The van der Waals surface area contributed by atoms with E-state index in [-0.39, 0.29) is 17.2 Å². The number of nitrogens with two attached hydrogens (primary N) is 1. The van der Waals surface area contributed by atoms with Crippen molar-refractivity contribution in [3.05, 3.63) is 29.3 Å². The average molecular weight is 243 g/mol. The lowest BCUT2D eigenvalue weighted by atomic mass is 9.96. The number of alkyl halides is 2. The second-order valence-corrected chi connectivity index (χ2v) is 4.53. The quantitative estimate of drug-likeness (QED) is 0.881. The van der Waals surface area contributed by atoms with Gasteiger partial charge in [-0.2, -0.15) is 8.78 Å². The Balaban J connectivity index is 3.26. The molecule has 0 spiro atoms. The molecule has 96 valence electrons. The van der Waals surface area contributed by atoms with Crippen LogP contribution in [0.25, 0.3) is 0 Å². The number of rotatable bonds is 4. The molecule has 0 aliphatic heterocycles. The second kappa shape index (κ2) is 5.00. The van der Waals surface area contributed by atoms with Gasteiger partial charge >= 0.3 is 0 Å². The van der Waals surface area contributed by atoms with Crippen LogP contribution in [0.3, 0.4) is 0 Å². The summed E-state index contributed by atoms with van der Waals surface area (Å²) in [6.07, 6.45) is 0. The first-order valence-electron chi connectivity index (χ1n) is 5.62. The normalized spacial score (nSPS) is 13.9. The standard InChI is InChI=1S/C13H19F2NO/c1-8(2)10-5-6-11(12(7-10)17-4)13(14,15)9(3)16/h5-9H,16H2,1-4H3. The van der Waals surface area contributed by atoms with Crippen LogP contribution in [0.5, 0.6) is 5.75 Å². The van der Waals surface area contributed by atoms with E-state index in [0.29, 0.717) is 0 Å². The molecule has 0 radical (unpaired) electrons. The fourth-order valence-corrected chi connectivity index (χ4v) is 1.59. The maximum Gasteiger partial charge on any atom is 0.291 e. The van der Waals surface area contributed by atoms with E-state index in [0.717, 1.165) is 5.56 Å². The first kappa shape index (κ1) is 13.9. The summed E-state index contributed by atoms with van der Waals surface area (Å²) in [5.41, 5.74) is 6.13. The van der Waals surface area contributed by atoms with E-state index in [4.69, 9.17) is 10.5 Å². The molecule has 0 saturated carbocycles. The molecule has 0 bridgehead atoms. The molecule has 1 rings (SSSR count). The number of methoxy groups -OCH3 is 1. The lowest BCUT2D eigenvalue weighted by molar-refractivity contribution is -0.0276. The Bertz CT molecular complexity index is 389. The molecule has 2 nitrogen and oxygen atoms in total. The minimum Gasteiger partial charge on any atom is -0.496 e. The Kier molecular flexibility index (Phi) is 4.09. The predicted molar refractivity (Wildman–Crippen MR) is 64.6 cm³/mol. The van der Waals surface area contributed by atoms with Crippen molar-refractivity contribution < 1.29 is 13.5 Å². The number of halogens is 2. The Morgan fingerprint density at radius 3 is 2.24 bits per heavy atom. The first-order chi connectivity index (χ1) is 7.80. The monoisotopic (exact) mass is 243 g/mol. The van der Waals surface area contributed by atoms with Crippen LogP contribution in [-0.2, 0) is 5.92 Å². The van der Waals surface area contributed by atoms with Gasteiger partial charge in [-0.05, 0) is 30.5 Å². The van der Waals surface area contributed by atoms with Crippen molar-refractivity contribution in [2.45, 2.75) is 38.7 Å². The third-order valence-electron chi connectivity index (χ3n) is 2.82. The fourth-order valence-electron chi connectivity index (χ4n) is 1.59. The minimum absolute atomic E-state index is 0.153. The largest absolute Gasteiger partial charge is 0.496 e. The van der Waals surface area contributed by atoms with Crippen LogP contribution < -0.4 is 10.5 Å². The Morgan fingerprint density at radius 1 is 1.24 bits per heavy atom. The molecule has 17 heavy (non-hydrogen) atoms. The third kappa shape index (κ3) is 2.75. The Labute approximate surface area is 101 Å². The van der Waals surface area contributed by atoms with E-state index >= 15 is 0 Å². The van der Waals surface area contributed by atoms with Crippen molar-refractivity contribution in [1.29, 1.82) is 0 Å². The van der Waals surface area contributed by atoms with E-state index in [9.17, 15) is 8.78 Å². The molecule has 0 aliphatic rings. The molecule has 0 fully saturated rings. The maximum atomic E-state index is 13.9. The molecule has 1 aromatic rings. The molecule has 0 aromatic heterocycles. The number of benzene rings is 1. The fraction of sp³-hybridized carbons (Fsp3) is 0.538. The highest BCUT2D eigenvalue weighted by atomic mass is 19.3. The number of ether oxygens (including phenoxy) is 1. The van der Waals surface area contributed by atoms with Crippen LogP contribution in [-0.4, -0.2) is 13.2 Å². The van der Waals surface area contributed by atoms with Crippen molar-refractivity contribution in [3.63, 3.8) is 0 Å². The highest BCUT2D eigenvalue weighted by Gasteiger charge is 2.39. The van der Waals surface area contributed by atoms with Gasteiger partial charge < -0.3 is 10.5 Å². The average Bonchev–Trinajstić information content (AvgIpc) is 2.27. The molecule has 1 unspecified atom stereocenters. The van der Waals surface area contributed by atoms with Gasteiger partial charge in [0.15, 0.2) is 0 Å². The molecule has 1 atom stereocenters. The summed E-state index contributed by atoms with van der Waals surface area (Å²) in [4.78, 5) is 0. The highest BCUT2D eigenvalue weighted by Crippen LogP contribution is 2.38. The Morgan fingerprint density at radius 2 is 1.82 bits per heavy atom. The predicted octanol–water partition coefficient (Wildman–Crippen LogP) is 3.26. The molecule has 0 heterocycles. The van der Waals surface area contributed by atoms with Gasteiger partial charge in [0, 0.05) is 0 Å². The van der Waals surface area contributed by atoms with Crippen molar-refractivity contribution >= 4 is 0 Å². The Hall–Kier alpha value is -1.16. The van der Waals surface area contributed by atoms with E-state index in [1.54, 1.807) is 12.1 Å². The molecular weight excluding hydrogens is 224 g/mol. The maximum absolute atomic E-state index is 13.9. The van der Waals surface area contributed by atoms with Crippen LogP contribution >= 0.6 is 0 Å². The zero-order valence-electron chi connectivity index (χ0n) is 10.6. The van der Waals surface area contributed by atoms with E-state index in [2.05, 4.69) is 0 Å². The van der Waals surface area contributed by atoms with Gasteiger partial charge in [-0.1, -0.05) is 19.9 Å². The molecule has 0 aliphatic carbocycles. The molecule has 0 saturated heterocycles. The zero-order valence-corrected chi connectivity index (χ0v) is 10.6. The lowest BCUT2D eigenvalue weighted by Crippen LogP contribution is -2.36. The summed E-state index contributed by atoms with van der Waals surface area (Å²) in [6, 6.07) is 3.49. The molecule has 1 aromatic carbocycles. The molecule has 4 heteroatoms. The third-order valence-corrected chi connectivity index (χ3v) is 2.82.